The third kappa shape index (κ3) is 4.60. The number of hydrogen-bond acceptors (Lipinski definition) is 2. The van der Waals surface area contributed by atoms with E-state index in [4.69, 9.17) is 11.1 Å². The van der Waals surface area contributed by atoms with E-state index in [1.807, 2.05) is 0 Å². The molecule has 2 rings (SSSR count). The highest BCUT2D eigenvalue weighted by Crippen LogP contribution is 2.21. The van der Waals surface area contributed by atoms with Crippen molar-refractivity contribution in [2.24, 2.45) is 5.73 Å². The minimum Gasteiger partial charge on any atom is -0.384 e. The summed E-state index contributed by atoms with van der Waals surface area (Å²) in [7, 11) is 0. The minimum atomic E-state index is -0.343. The first-order valence-corrected chi connectivity index (χ1v) is 7.88. The van der Waals surface area contributed by atoms with E-state index in [-0.39, 0.29) is 11.7 Å². The zero-order valence-corrected chi connectivity index (χ0v) is 13.1. The van der Waals surface area contributed by atoms with Crippen LogP contribution >= 0.6 is 11.8 Å². The van der Waals surface area contributed by atoms with Gasteiger partial charge in [-0.3, -0.25) is 5.41 Å². The highest BCUT2D eigenvalue weighted by molar-refractivity contribution is 7.97. The van der Waals surface area contributed by atoms with Gasteiger partial charge in [-0.2, -0.15) is 11.8 Å². The number of thioether (sulfide) groups is 1. The predicted molar refractivity (Wildman–Crippen MR) is 88.3 cm³/mol. The number of benzene rings is 2. The van der Waals surface area contributed by atoms with Gasteiger partial charge in [0.2, 0.25) is 0 Å². The van der Waals surface area contributed by atoms with Gasteiger partial charge in [0.05, 0.1) is 0 Å². The van der Waals surface area contributed by atoms with Gasteiger partial charge in [-0.25, -0.2) is 4.39 Å². The minimum absolute atomic E-state index is 0.102. The summed E-state index contributed by atoms with van der Waals surface area (Å²) in [6.45, 7) is 4.18. The molecular weight excluding hydrogens is 283 g/mol. The first-order chi connectivity index (χ1) is 9.94. The molecule has 0 aromatic heterocycles. The van der Waals surface area contributed by atoms with Crippen molar-refractivity contribution in [3.05, 3.63) is 70.0 Å². The van der Waals surface area contributed by atoms with Crippen LogP contribution in [0.3, 0.4) is 0 Å². The summed E-state index contributed by atoms with van der Waals surface area (Å²) in [6.07, 6.45) is 0. The number of hydrogen-bond donors (Lipinski definition) is 2. The molecule has 0 bridgehead atoms. The average Bonchev–Trinajstić information content (AvgIpc) is 2.36. The Morgan fingerprint density at radius 2 is 1.57 bits per heavy atom. The monoisotopic (exact) mass is 302 g/mol. The van der Waals surface area contributed by atoms with Crippen molar-refractivity contribution in [3.8, 4) is 0 Å². The van der Waals surface area contributed by atoms with Crippen LogP contribution in [0.4, 0.5) is 4.39 Å². The van der Waals surface area contributed by atoms with Crippen molar-refractivity contribution in [1.29, 1.82) is 5.41 Å². The predicted octanol–water partition coefficient (Wildman–Crippen LogP) is 4.16. The number of aryl methyl sites for hydroxylation is 2. The molecule has 110 valence electrons. The maximum atomic E-state index is 13.5. The van der Waals surface area contributed by atoms with Crippen molar-refractivity contribution in [3.63, 3.8) is 0 Å². The molecule has 4 heteroatoms. The van der Waals surface area contributed by atoms with Crippen molar-refractivity contribution in [2.75, 3.05) is 0 Å². The molecule has 0 spiro atoms. The van der Waals surface area contributed by atoms with Gasteiger partial charge in [0, 0.05) is 17.1 Å². The molecule has 0 saturated carbocycles. The maximum Gasteiger partial charge on any atom is 0.124 e. The van der Waals surface area contributed by atoms with Crippen LogP contribution in [0.15, 0.2) is 36.4 Å². The van der Waals surface area contributed by atoms with E-state index in [9.17, 15) is 4.39 Å². The van der Waals surface area contributed by atoms with Crippen LogP contribution in [0.1, 0.15) is 27.8 Å². The van der Waals surface area contributed by atoms with E-state index in [1.165, 1.54) is 28.8 Å². The van der Waals surface area contributed by atoms with E-state index in [2.05, 4.69) is 32.0 Å². The standard InChI is InChI=1S/C17H19FN2S/c1-11-3-12(2)5-13(4-11)9-21-10-14-6-15(17(19)20)8-16(18)7-14/h3-8H,9-10H2,1-2H3,(H3,19,20). The summed E-state index contributed by atoms with van der Waals surface area (Å²) in [5.41, 5.74) is 10.5. The summed E-state index contributed by atoms with van der Waals surface area (Å²) < 4.78 is 13.5. The lowest BCUT2D eigenvalue weighted by molar-refractivity contribution is 0.626. The van der Waals surface area contributed by atoms with Gasteiger partial charge < -0.3 is 5.73 Å². The smallest absolute Gasteiger partial charge is 0.124 e. The molecule has 21 heavy (non-hydrogen) atoms. The van der Waals surface area contributed by atoms with Gasteiger partial charge in [0.25, 0.3) is 0 Å². The van der Waals surface area contributed by atoms with E-state index < -0.39 is 0 Å². The highest BCUT2D eigenvalue weighted by Gasteiger charge is 2.04. The number of nitrogens with one attached hydrogen (secondary N) is 1. The van der Waals surface area contributed by atoms with E-state index >= 15 is 0 Å². The fourth-order valence-corrected chi connectivity index (χ4v) is 3.24. The molecule has 0 saturated heterocycles. The average molecular weight is 302 g/mol. The second kappa shape index (κ2) is 6.76. The molecule has 2 aromatic carbocycles. The van der Waals surface area contributed by atoms with Crippen molar-refractivity contribution in [1.82, 2.24) is 0 Å². The molecule has 0 atom stereocenters. The largest absolute Gasteiger partial charge is 0.384 e. The van der Waals surface area contributed by atoms with Gasteiger partial charge in [-0.05, 0) is 43.2 Å². The first-order valence-electron chi connectivity index (χ1n) is 6.73. The maximum absolute atomic E-state index is 13.5. The Hall–Kier alpha value is -1.81. The fraction of sp³-hybridized carbons (Fsp3) is 0.235. The second-order valence-corrected chi connectivity index (χ2v) is 6.24. The normalized spacial score (nSPS) is 10.6. The summed E-state index contributed by atoms with van der Waals surface area (Å²) in [5, 5.41) is 7.39. The molecule has 0 aliphatic carbocycles. The van der Waals surface area contributed by atoms with E-state index in [0.717, 1.165) is 11.3 Å². The Labute approximate surface area is 129 Å². The topological polar surface area (TPSA) is 49.9 Å². The zero-order chi connectivity index (χ0) is 15.4. The molecule has 0 radical (unpaired) electrons. The molecule has 0 aliphatic heterocycles. The Kier molecular flexibility index (Phi) is 5.02. The van der Waals surface area contributed by atoms with E-state index in [0.29, 0.717) is 11.3 Å². The Balaban J connectivity index is 2.01. The van der Waals surface area contributed by atoms with Crippen molar-refractivity contribution in [2.45, 2.75) is 25.4 Å². The van der Waals surface area contributed by atoms with Crippen molar-refractivity contribution < 1.29 is 4.39 Å². The molecule has 0 unspecified atom stereocenters. The van der Waals surface area contributed by atoms with Crippen molar-refractivity contribution >= 4 is 17.6 Å². The van der Waals surface area contributed by atoms with Gasteiger partial charge in [0.15, 0.2) is 0 Å². The van der Waals surface area contributed by atoms with Crippen LogP contribution in [-0.4, -0.2) is 5.84 Å². The Morgan fingerprint density at radius 3 is 2.14 bits per heavy atom. The molecule has 2 nitrogen and oxygen atoms in total. The quantitative estimate of drug-likeness (QED) is 0.643. The van der Waals surface area contributed by atoms with Crippen LogP contribution < -0.4 is 5.73 Å². The van der Waals surface area contributed by atoms with Gasteiger partial charge in [-0.15, -0.1) is 0 Å². The molecule has 0 aliphatic rings. The third-order valence-electron chi connectivity index (χ3n) is 3.09. The second-order valence-electron chi connectivity index (χ2n) is 5.25. The molecular formula is C17H19FN2S. The molecule has 0 amide bonds. The first kappa shape index (κ1) is 15.6. The fourth-order valence-electron chi connectivity index (χ4n) is 2.33. The number of nitrogens with two attached hydrogens (primary N) is 1. The molecule has 0 fully saturated rings. The van der Waals surface area contributed by atoms with Crippen LogP contribution in [0.2, 0.25) is 0 Å². The van der Waals surface area contributed by atoms with Crippen LogP contribution in [0.5, 0.6) is 0 Å². The molecule has 0 heterocycles. The lowest BCUT2D eigenvalue weighted by Gasteiger charge is -2.07. The summed E-state index contributed by atoms with van der Waals surface area (Å²) in [4.78, 5) is 0. The number of halogens is 1. The summed E-state index contributed by atoms with van der Waals surface area (Å²) in [5.74, 6) is 1.14. The highest BCUT2D eigenvalue weighted by atomic mass is 32.2. The Bertz CT molecular complexity index is 648. The Morgan fingerprint density at radius 1 is 1.00 bits per heavy atom. The molecule has 2 aromatic rings. The lowest BCUT2D eigenvalue weighted by atomic mass is 10.1. The summed E-state index contributed by atoms with van der Waals surface area (Å²) >= 11 is 1.73. The van der Waals surface area contributed by atoms with Crippen LogP contribution in [-0.2, 0) is 11.5 Å². The van der Waals surface area contributed by atoms with Crippen LogP contribution in [0.25, 0.3) is 0 Å². The van der Waals surface area contributed by atoms with Gasteiger partial charge in [-0.1, -0.05) is 29.3 Å². The zero-order valence-electron chi connectivity index (χ0n) is 12.2. The SMILES string of the molecule is Cc1cc(C)cc(CSCc2cc(F)cc(C(=N)N)c2)c1. The molecule has 3 N–H and O–H groups in total. The van der Waals surface area contributed by atoms with Crippen LogP contribution in [0, 0.1) is 25.1 Å². The third-order valence-corrected chi connectivity index (χ3v) is 4.16. The summed E-state index contributed by atoms with van der Waals surface area (Å²) in [6, 6.07) is 11.1. The van der Waals surface area contributed by atoms with Gasteiger partial charge in [0.1, 0.15) is 11.7 Å². The lowest BCUT2D eigenvalue weighted by Crippen LogP contribution is -2.11. The van der Waals surface area contributed by atoms with Gasteiger partial charge >= 0.3 is 0 Å². The van der Waals surface area contributed by atoms with E-state index in [1.54, 1.807) is 17.8 Å². The number of nitrogen functional groups attached to an aromatic ring is 1. The number of rotatable bonds is 5. The number of amidine groups is 1.